The number of ether oxygens (including phenoxy) is 2. The van der Waals surface area contributed by atoms with Crippen LogP contribution < -0.4 is 15.6 Å². The summed E-state index contributed by atoms with van der Waals surface area (Å²) in [6, 6.07) is 14.7. The van der Waals surface area contributed by atoms with Gasteiger partial charge in [0.05, 0.1) is 23.7 Å². The first-order chi connectivity index (χ1) is 16.5. The molecule has 0 aliphatic rings. The van der Waals surface area contributed by atoms with Crippen LogP contribution in [0.5, 0.6) is 5.75 Å². The van der Waals surface area contributed by atoms with E-state index in [2.05, 4.69) is 5.32 Å². The zero-order valence-corrected chi connectivity index (χ0v) is 21.4. The average molecular weight is 481 g/mol. The van der Waals surface area contributed by atoms with E-state index in [4.69, 9.17) is 9.47 Å². The summed E-state index contributed by atoms with van der Waals surface area (Å²) in [7, 11) is 1.61. The van der Waals surface area contributed by atoms with E-state index < -0.39 is 17.6 Å². The minimum Gasteiger partial charge on any atom is -0.491 e. The van der Waals surface area contributed by atoms with Crippen LogP contribution in [0.3, 0.4) is 0 Å². The van der Waals surface area contributed by atoms with Crippen LogP contribution >= 0.6 is 0 Å². The third-order valence-electron chi connectivity index (χ3n) is 5.86. The highest BCUT2D eigenvalue weighted by Gasteiger charge is 2.34. The first-order valence-corrected chi connectivity index (χ1v) is 11.9. The summed E-state index contributed by atoms with van der Waals surface area (Å²) in [4.78, 5) is 25.9. The lowest BCUT2D eigenvalue weighted by atomic mass is 9.80. The van der Waals surface area contributed by atoms with Gasteiger partial charge in [0.1, 0.15) is 12.4 Å². The molecule has 0 radical (unpaired) electrons. The molecule has 0 saturated heterocycles. The molecule has 188 valence electrons. The molecule has 0 aliphatic carbocycles. The number of carbonyl (C=O) groups is 1. The number of nitrogens with one attached hydrogen (secondary N) is 1. The number of benzene rings is 2. The van der Waals surface area contributed by atoms with Crippen molar-refractivity contribution in [3.8, 4) is 16.9 Å². The molecule has 0 fully saturated rings. The molecule has 3 aromatic rings. The van der Waals surface area contributed by atoms with Crippen LogP contribution in [0.2, 0.25) is 0 Å². The summed E-state index contributed by atoms with van der Waals surface area (Å²) in [5.41, 5.74) is 1.77. The van der Waals surface area contributed by atoms with E-state index in [9.17, 15) is 14.7 Å². The first kappa shape index (κ1) is 26.3. The lowest BCUT2D eigenvalue weighted by Gasteiger charge is -2.35. The number of hydrogen-bond acceptors (Lipinski definition) is 4. The first-order valence-electron chi connectivity index (χ1n) is 11.9. The number of methoxy groups -OCH3 is 1. The number of fused-ring (bicyclic) bond motifs is 1. The second kappa shape index (κ2) is 11.0. The van der Waals surface area contributed by atoms with Crippen molar-refractivity contribution in [2.75, 3.05) is 20.3 Å². The van der Waals surface area contributed by atoms with Gasteiger partial charge >= 0.3 is 6.09 Å². The molecule has 1 aromatic heterocycles. The third kappa shape index (κ3) is 6.03. The Bertz CT molecular complexity index is 1230. The van der Waals surface area contributed by atoms with Crippen molar-refractivity contribution >= 4 is 16.9 Å². The molecule has 1 heterocycles. The lowest BCUT2D eigenvalue weighted by Crippen LogP contribution is -2.40. The number of rotatable bonds is 9. The van der Waals surface area contributed by atoms with Crippen molar-refractivity contribution in [1.29, 1.82) is 0 Å². The maximum atomic E-state index is 14.0. The van der Waals surface area contributed by atoms with E-state index in [1.807, 2.05) is 77.1 Å². The van der Waals surface area contributed by atoms with E-state index in [1.165, 1.54) is 0 Å². The summed E-state index contributed by atoms with van der Waals surface area (Å²) in [6.45, 7) is 11.3. The van der Waals surface area contributed by atoms with Crippen molar-refractivity contribution in [2.45, 2.75) is 47.2 Å². The number of carboxylic acid groups (broad SMARTS) is 1. The van der Waals surface area contributed by atoms with Crippen molar-refractivity contribution < 1.29 is 19.4 Å². The zero-order chi connectivity index (χ0) is 25.8. The SMILES string of the molecule is COCCOc1ccc2c(-c3ccccc3)c(C(NC(=O)O)C(C)(C)C)n(CC(C)C)c(=O)c2c1. The molecular formula is C28H36N2O5. The largest absolute Gasteiger partial charge is 0.491 e. The molecule has 1 amide bonds. The van der Waals surface area contributed by atoms with Gasteiger partial charge in [-0.05, 0) is 40.5 Å². The van der Waals surface area contributed by atoms with Crippen LogP contribution in [0, 0.1) is 11.3 Å². The number of nitrogens with zero attached hydrogens (tertiary/aromatic N) is 1. The lowest BCUT2D eigenvalue weighted by molar-refractivity contribution is 0.146. The van der Waals surface area contributed by atoms with Crippen molar-refractivity contribution in [2.24, 2.45) is 11.3 Å². The van der Waals surface area contributed by atoms with Crippen LogP contribution in [-0.4, -0.2) is 36.1 Å². The molecule has 0 saturated carbocycles. The second-order valence-electron chi connectivity index (χ2n) is 10.2. The predicted molar refractivity (Wildman–Crippen MR) is 139 cm³/mol. The molecule has 35 heavy (non-hydrogen) atoms. The molecule has 1 atom stereocenters. The normalized spacial score (nSPS) is 12.7. The van der Waals surface area contributed by atoms with Gasteiger partial charge in [-0.2, -0.15) is 0 Å². The van der Waals surface area contributed by atoms with Crippen LogP contribution in [0.25, 0.3) is 21.9 Å². The Kier molecular flexibility index (Phi) is 8.22. The highest BCUT2D eigenvalue weighted by Crippen LogP contribution is 2.41. The Labute approximate surface area is 206 Å². The molecule has 2 N–H and O–H groups in total. The Morgan fingerprint density at radius 1 is 1.06 bits per heavy atom. The Balaban J connectivity index is 2.45. The predicted octanol–water partition coefficient (Wildman–Crippen LogP) is 5.70. The standard InChI is InChI=1S/C28H36N2O5/c1-18(2)17-30-24(25(28(3,4)5)29-27(32)33)23(19-10-8-7-9-11-19)21-13-12-20(35-15-14-34-6)16-22(21)26(30)31/h7-13,16,18,25,29H,14-15,17H2,1-6H3,(H,32,33). The zero-order valence-electron chi connectivity index (χ0n) is 21.4. The van der Waals surface area contributed by atoms with Gasteiger partial charge in [-0.15, -0.1) is 0 Å². The summed E-state index contributed by atoms with van der Waals surface area (Å²) >= 11 is 0. The van der Waals surface area contributed by atoms with E-state index in [1.54, 1.807) is 17.7 Å². The average Bonchev–Trinajstić information content (AvgIpc) is 2.79. The van der Waals surface area contributed by atoms with E-state index >= 15 is 0 Å². The van der Waals surface area contributed by atoms with Gasteiger partial charge in [-0.3, -0.25) is 4.79 Å². The molecule has 3 rings (SSSR count). The number of amides is 1. The molecule has 0 aliphatic heterocycles. The fourth-order valence-electron chi connectivity index (χ4n) is 4.35. The topological polar surface area (TPSA) is 89.8 Å². The van der Waals surface area contributed by atoms with Crippen molar-refractivity contribution in [1.82, 2.24) is 9.88 Å². The van der Waals surface area contributed by atoms with Gasteiger partial charge in [0.2, 0.25) is 0 Å². The second-order valence-corrected chi connectivity index (χ2v) is 10.2. The molecule has 2 aromatic carbocycles. The molecule has 0 bridgehead atoms. The highest BCUT2D eigenvalue weighted by atomic mass is 16.5. The van der Waals surface area contributed by atoms with E-state index in [0.717, 1.165) is 16.5 Å². The number of hydrogen-bond donors (Lipinski definition) is 2. The third-order valence-corrected chi connectivity index (χ3v) is 5.86. The minimum absolute atomic E-state index is 0.165. The minimum atomic E-state index is -1.13. The fraction of sp³-hybridized carbons (Fsp3) is 0.429. The highest BCUT2D eigenvalue weighted by molar-refractivity contribution is 5.98. The molecular weight excluding hydrogens is 444 g/mol. The maximum Gasteiger partial charge on any atom is 0.405 e. The summed E-state index contributed by atoms with van der Waals surface area (Å²) in [5, 5.41) is 13.7. The van der Waals surface area contributed by atoms with Crippen LogP contribution in [0.15, 0.2) is 53.3 Å². The monoisotopic (exact) mass is 480 g/mol. The molecule has 7 heteroatoms. The molecule has 0 spiro atoms. The number of aromatic nitrogens is 1. The summed E-state index contributed by atoms with van der Waals surface area (Å²) in [5.74, 6) is 0.754. The summed E-state index contributed by atoms with van der Waals surface area (Å²) in [6.07, 6.45) is -1.13. The van der Waals surface area contributed by atoms with Crippen molar-refractivity contribution in [3.05, 3.63) is 64.6 Å². The van der Waals surface area contributed by atoms with E-state index in [-0.39, 0.29) is 11.5 Å². The number of pyridine rings is 1. The van der Waals surface area contributed by atoms with Crippen LogP contribution in [0.1, 0.15) is 46.4 Å². The van der Waals surface area contributed by atoms with Crippen LogP contribution in [-0.2, 0) is 11.3 Å². The Morgan fingerprint density at radius 2 is 1.74 bits per heavy atom. The molecule has 7 nitrogen and oxygen atoms in total. The Hall–Kier alpha value is -3.32. The smallest absolute Gasteiger partial charge is 0.405 e. The summed E-state index contributed by atoms with van der Waals surface area (Å²) < 4.78 is 12.6. The maximum absolute atomic E-state index is 14.0. The quantitative estimate of drug-likeness (QED) is 0.383. The van der Waals surface area contributed by atoms with Gasteiger partial charge in [0.25, 0.3) is 5.56 Å². The van der Waals surface area contributed by atoms with Gasteiger partial charge in [0, 0.05) is 19.2 Å². The molecule has 1 unspecified atom stereocenters. The van der Waals surface area contributed by atoms with E-state index in [0.29, 0.717) is 36.6 Å². The van der Waals surface area contributed by atoms with Gasteiger partial charge in [-0.25, -0.2) is 4.79 Å². The van der Waals surface area contributed by atoms with Gasteiger partial charge < -0.3 is 24.5 Å². The van der Waals surface area contributed by atoms with Crippen molar-refractivity contribution in [3.63, 3.8) is 0 Å². The Morgan fingerprint density at radius 3 is 2.31 bits per heavy atom. The fourth-order valence-corrected chi connectivity index (χ4v) is 4.35. The van der Waals surface area contributed by atoms with Crippen LogP contribution in [0.4, 0.5) is 4.79 Å². The van der Waals surface area contributed by atoms with Gasteiger partial charge in [-0.1, -0.05) is 65.0 Å². The van der Waals surface area contributed by atoms with Gasteiger partial charge in [0.15, 0.2) is 0 Å².